The normalized spacial score (nSPS) is 11.7. The van der Waals surface area contributed by atoms with Crippen molar-refractivity contribution < 1.29 is 22.9 Å². The summed E-state index contributed by atoms with van der Waals surface area (Å²) in [5.41, 5.74) is 0.768. The quantitative estimate of drug-likeness (QED) is 0.276. The lowest BCUT2D eigenvalue weighted by molar-refractivity contribution is 0.102. The number of azo groups is 1. The molecule has 0 aliphatic carbocycles. The lowest BCUT2D eigenvalue weighted by atomic mass is 10.0. The first-order valence-electron chi connectivity index (χ1n) is 9.43. The minimum absolute atomic E-state index is 0.00758. The van der Waals surface area contributed by atoms with Gasteiger partial charge in [-0.3, -0.25) is 9.35 Å². The molecule has 0 fully saturated rings. The average Bonchev–Trinajstić information content (AvgIpc) is 2.78. The van der Waals surface area contributed by atoms with Crippen molar-refractivity contribution in [2.75, 3.05) is 5.32 Å². The number of nitrogens with zero attached hydrogens (tertiary/aromatic N) is 2. The molecule has 3 N–H and O–H groups in total. The van der Waals surface area contributed by atoms with Gasteiger partial charge in [-0.05, 0) is 41.8 Å². The predicted molar refractivity (Wildman–Crippen MR) is 120 cm³/mol. The summed E-state index contributed by atoms with van der Waals surface area (Å²) in [6.45, 7) is 0. The number of amides is 1. The van der Waals surface area contributed by atoms with Crippen LogP contribution in [0.2, 0.25) is 0 Å². The lowest BCUT2D eigenvalue weighted by Crippen LogP contribution is -2.12. The molecule has 32 heavy (non-hydrogen) atoms. The number of hydrogen-bond donors (Lipinski definition) is 3. The molecule has 0 saturated heterocycles. The second-order valence-corrected chi connectivity index (χ2v) is 8.26. The molecule has 0 bridgehead atoms. The highest BCUT2D eigenvalue weighted by atomic mass is 32.2. The molecule has 0 radical (unpaired) electrons. The summed E-state index contributed by atoms with van der Waals surface area (Å²) in [7, 11) is -4.40. The Morgan fingerprint density at radius 2 is 1.56 bits per heavy atom. The Balaban J connectivity index is 1.78. The number of benzene rings is 4. The zero-order valence-corrected chi connectivity index (χ0v) is 17.3. The molecule has 0 heterocycles. The SMILES string of the molecule is O=C(Nc1ccccc1)c1cc2ccccc2c(/N=N/c2cccc(S(=O)(=O)O)c2)c1O. The number of hydrogen-bond acceptors (Lipinski definition) is 6. The van der Waals surface area contributed by atoms with Gasteiger partial charge in [-0.15, -0.1) is 5.11 Å². The van der Waals surface area contributed by atoms with Gasteiger partial charge in [0.15, 0.2) is 5.75 Å². The van der Waals surface area contributed by atoms with E-state index in [9.17, 15) is 22.9 Å². The second kappa shape index (κ2) is 8.58. The van der Waals surface area contributed by atoms with E-state index in [1.165, 1.54) is 18.2 Å². The second-order valence-electron chi connectivity index (χ2n) is 6.84. The summed E-state index contributed by atoms with van der Waals surface area (Å²) in [5, 5.41) is 22.9. The van der Waals surface area contributed by atoms with Gasteiger partial charge < -0.3 is 10.4 Å². The summed E-state index contributed by atoms with van der Waals surface area (Å²) in [5.74, 6) is -0.893. The van der Waals surface area contributed by atoms with Gasteiger partial charge >= 0.3 is 0 Å². The summed E-state index contributed by atoms with van der Waals surface area (Å²) < 4.78 is 31.9. The van der Waals surface area contributed by atoms with Crippen LogP contribution >= 0.6 is 0 Å². The van der Waals surface area contributed by atoms with Gasteiger partial charge in [-0.1, -0.05) is 48.5 Å². The van der Waals surface area contributed by atoms with Crippen molar-refractivity contribution in [3.63, 3.8) is 0 Å². The Kier molecular flexibility index (Phi) is 5.67. The van der Waals surface area contributed by atoms with E-state index in [1.54, 1.807) is 54.6 Å². The zero-order chi connectivity index (χ0) is 22.7. The number of rotatable bonds is 5. The van der Waals surface area contributed by atoms with Gasteiger partial charge in [0.2, 0.25) is 0 Å². The number of anilines is 1. The van der Waals surface area contributed by atoms with E-state index in [1.807, 2.05) is 6.07 Å². The molecule has 9 heteroatoms. The predicted octanol–water partition coefficient (Wildman–Crippen LogP) is 5.46. The molecule has 4 aromatic rings. The number of nitrogens with one attached hydrogen (secondary N) is 1. The average molecular weight is 447 g/mol. The molecule has 0 aromatic heterocycles. The zero-order valence-electron chi connectivity index (χ0n) is 16.5. The van der Waals surface area contributed by atoms with Crippen LogP contribution in [0.4, 0.5) is 17.1 Å². The van der Waals surface area contributed by atoms with Crippen LogP contribution in [0.15, 0.2) is 100 Å². The topological polar surface area (TPSA) is 128 Å². The number of carbonyl (C=O) groups excluding carboxylic acids is 1. The van der Waals surface area contributed by atoms with Crippen molar-refractivity contribution in [2.24, 2.45) is 10.2 Å². The van der Waals surface area contributed by atoms with Gasteiger partial charge in [0.1, 0.15) is 5.69 Å². The Morgan fingerprint density at radius 1 is 0.844 bits per heavy atom. The first kappa shape index (κ1) is 21.2. The van der Waals surface area contributed by atoms with Gasteiger partial charge in [0, 0.05) is 11.1 Å². The van der Waals surface area contributed by atoms with Gasteiger partial charge in [0.25, 0.3) is 16.0 Å². The van der Waals surface area contributed by atoms with E-state index in [0.29, 0.717) is 16.5 Å². The smallest absolute Gasteiger partial charge is 0.294 e. The monoisotopic (exact) mass is 447 g/mol. The molecule has 0 atom stereocenters. The molecule has 0 spiro atoms. The summed E-state index contributed by atoms with van der Waals surface area (Å²) in [4.78, 5) is 12.5. The van der Waals surface area contributed by atoms with Crippen molar-refractivity contribution in [2.45, 2.75) is 4.90 Å². The number of phenols is 1. The Morgan fingerprint density at radius 3 is 2.31 bits per heavy atom. The van der Waals surface area contributed by atoms with E-state index < -0.39 is 16.0 Å². The third-order valence-corrected chi connectivity index (χ3v) is 5.50. The Labute approximate surface area is 183 Å². The van der Waals surface area contributed by atoms with Gasteiger partial charge in [-0.25, -0.2) is 0 Å². The van der Waals surface area contributed by atoms with E-state index in [-0.39, 0.29) is 27.6 Å². The fraction of sp³-hybridized carbons (Fsp3) is 0. The van der Waals surface area contributed by atoms with Crippen LogP contribution in [0, 0.1) is 0 Å². The molecule has 8 nitrogen and oxygen atoms in total. The summed E-state index contributed by atoms with van der Waals surface area (Å²) in [6.07, 6.45) is 0. The summed E-state index contributed by atoms with van der Waals surface area (Å²) >= 11 is 0. The maximum atomic E-state index is 12.8. The Bertz CT molecular complexity index is 1450. The Hall–Kier alpha value is -4.08. The molecule has 4 rings (SSSR count). The highest BCUT2D eigenvalue weighted by Crippen LogP contribution is 2.39. The maximum Gasteiger partial charge on any atom is 0.294 e. The van der Waals surface area contributed by atoms with Gasteiger partial charge in [-0.2, -0.15) is 13.5 Å². The fourth-order valence-corrected chi connectivity index (χ4v) is 3.65. The third-order valence-electron chi connectivity index (χ3n) is 4.65. The maximum absolute atomic E-state index is 12.8. The molecule has 160 valence electrons. The highest BCUT2D eigenvalue weighted by molar-refractivity contribution is 7.85. The minimum atomic E-state index is -4.40. The van der Waals surface area contributed by atoms with Crippen molar-refractivity contribution in [3.8, 4) is 5.75 Å². The van der Waals surface area contributed by atoms with E-state index in [4.69, 9.17) is 0 Å². The number of para-hydroxylation sites is 1. The van der Waals surface area contributed by atoms with Crippen molar-refractivity contribution in [1.82, 2.24) is 0 Å². The molecule has 0 aliphatic heterocycles. The number of carbonyl (C=O) groups is 1. The van der Waals surface area contributed by atoms with Crippen LogP contribution in [0.3, 0.4) is 0 Å². The van der Waals surface area contributed by atoms with Crippen LogP contribution in [0.5, 0.6) is 5.75 Å². The first-order chi connectivity index (χ1) is 15.3. The van der Waals surface area contributed by atoms with Crippen LogP contribution in [-0.4, -0.2) is 24.0 Å². The molecular formula is C23H17N3O5S. The summed E-state index contributed by atoms with van der Waals surface area (Å²) in [6, 6.07) is 22.6. The van der Waals surface area contributed by atoms with Crippen molar-refractivity contribution >= 4 is 43.9 Å². The standard InChI is InChI=1S/C23H17N3O5S/c27-22-20(23(28)24-16-8-2-1-3-9-16)13-15-7-4-5-12-19(15)21(22)26-25-17-10-6-11-18(14-17)32(29,30)31/h1-14,27H,(H,24,28)(H,29,30,31)/b26-25+. The molecule has 0 saturated carbocycles. The van der Waals surface area contributed by atoms with Crippen molar-refractivity contribution in [3.05, 3.63) is 90.5 Å². The van der Waals surface area contributed by atoms with Gasteiger partial charge in [0.05, 0.1) is 16.1 Å². The van der Waals surface area contributed by atoms with Crippen LogP contribution in [-0.2, 0) is 10.1 Å². The molecule has 1 amide bonds. The van der Waals surface area contributed by atoms with Crippen LogP contribution in [0.25, 0.3) is 10.8 Å². The van der Waals surface area contributed by atoms with E-state index in [0.717, 1.165) is 6.07 Å². The van der Waals surface area contributed by atoms with E-state index in [2.05, 4.69) is 15.5 Å². The number of fused-ring (bicyclic) bond motifs is 1. The van der Waals surface area contributed by atoms with Crippen LogP contribution in [0.1, 0.15) is 10.4 Å². The molecule has 0 unspecified atom stereocenters. The number of phenolic OH excluding ortho intramolecular Hbond substituents is 1. The molecule has 0 aliphatic rings. The minimum Gasteiger partial charge on any atom is -0.505 e. The lowest BCUT2D eigenvalue weighted by Gasteiger charge is -2.11. The highest BCUT2D eigenvalue weighted by Gasteiger charge is 2.18. The molecular weight excluding hydrogens is 430 g/mol. The third kappa shape index (κ3) is 4.48. The fourth-order valence-electron chi connectivity index (χ4n) is 3.13. The molecule has 4 aromatic carbocycles. The van der Waals surface area contributed by atoms with E-state index >= 15 is 0 Å². The van der Waals surface area contributed by atoms with Crippen molar-refractivity contribution in [1.29, 1.82) is 0 Å². The number of aromatic hydroxyl groups is 1. The first-order valence-corrected chi connectivity index (χ1v) is 10.9. The van der Waals surface area contributed by atoms with Crippen LogP contribution < -0.4 is 5.32 Å². The largest absolute Gasteiger partial charge is 0.505 e.